The Balaban J connectivity index is 1.73. The lowest BCUT2D eigenvalue weighted by Crippen LogP contribution is -2.15. The number of halogens is 1. The molecule has 0 fully saturated rings. The normalized spacial score (nSPS) is 10.8. The van der Waals surface area contributed by atoms with E-state index in [0.717, 1.165) is 27.5 Å². The number of benzene rings is 1. The predicted molar refractivity (Wildman–Crippen MR) is 93.9 cm³/mol. The first kappa shape index (κ1) is 16.4. The molecule has 6 heteroatoms. The molecule has 3 rings (SSSR count). The highest BCUT2D eigenvalue weighted by molar-refractivity contribution is 7.10. The van der Waals surface area contributed by atoms with Gasteiger partial charge in [-0.2, -0.15) is 5.10 Å². The van der Waals surface area contributed by atoms with Crippen LogP contribution >= 0.6 is 11.3 Å². The van der Waals surface area contributed by atoms with E-state index in [4.69, 9.17) is 0 Å². The van der Waals surface area contributed by atoms with Crippen LogP contribution in [0, 0.1) is 19.7 Å². The zero-order valence-corrected chi connectivity index (χ0v) is 14.4. The average Bonchev–Trinajstić information content (AvgIpc) is 3.14. The summed E-state index contributed by atoms with van der Waals surface area (Å²) in [6, 6.07) is 10.2. The van der Waals surface area contributed by atoms with E-state index in [0.29, 0.717) is 13.0 Å². The van der Waals surface area contributed by atoms with Crippen molar-refractivity contribution >= 4 is 22.9 Å². The van der Waals surface area contributed by atoms with E-state index in [9.17, 15) is 9.18 Å². The van der Waals surface area contributed by atoms with E-state index in [1.54, 1.807) is 23.5 Å². The molecular formula is C18H18FN3OS. The summed E-state index contributed by atoms with van der Waals surface area (Å²) in [6.45, 7) is 4.33. The SMILES string of the molecule is Cc1nn(Cc2ccc(F)cc2)c(C)c1NC(=O)Cc1cccs1. The van der Waals surface area contributed by atoms with Gasteiger partial charge in [0.25, 0.3) is 0 Å². The third-order valence-corrected chi connectivity index (χ3v) is 4.68. The lowest BCUT2D eigenvalue weighted by atomic mass is 10.2. The van der Waals surface area contributed by atoms with Crippen LogP contribution in [0.2, 0.25) is 0 Å². The summed E-state index contributed by atoms with van der Waals surface area (Å²) in [5.41, 5.74) is 3.36. The first-order valence-electron chi connectivity index (χ1n) is 7.63. The van der Waals surface area contributed by atoms with Crippen molar-refractivity contribution in [3.8, 4) is 0 Å². The number of aromatic nitrogens is 2. The minimum absolute atomic E-state index is 0.0509. The van der Waals surface area contributed by atoms with E-state index in [1.165, 1.54) is 12.1 Å². The Hall–Kier alpha value is -2.47. The minimum Gasteiger partial charge on any atom is -0.323 e. The molecule has 0 atom stereocenters. The van der Waals surface area contributed by atoms with Crippen LogP contribution in [-0.2, 0) is 17.8 Å². The Kier molecular flexibility index (Phi) is 4.76. The summed E-state index contributed by atoms with van der Waals surface area (Å²) < 4.78 is 14.8. The molecule has 24 heavy (non-hydrogen) atoms. The predicted octanol–water partition coefficient (Wildman–Crippen LogP) is 3.93. The van der Waals surface area contributed by atoms with Gasteiger partial charge in [-0.15, -0.1) is 11.3 Å². The molecule has 0 unspecified atom stereocenters. The van der Waals surface area contributed by atoms with E-state index < -0.39 is 0 Å². The number of rotatable bonds is 5. The van der Waals surface area contributed by atoms with Crippen molar-refractivity contribution in [2.75, 3.05) is 5.32 Å². The maximum absolute atomic E-state index is 13.0. The Labute approximate surface area is 143 Å². The van der Waals surface area contributed by atoms with Gasteiger partial charge in [0.2, 0.25) is 5.91 Å². The molecule has 4 nitrogen and oxygen atoms in total. The standard InChI is InChI=1S/C18H18FN3OS/c1-12-18(20-17(23)10-16-4-3-9-24-16)13(2)22(21-12)11-14-5-7-15(19)8-6-14/h3-9H,10-11H2,1-2H3,(H,20,23). The van der Waals surface area contributed by atoms with Crippen molar-refractivity contribution in [3.63, 3.8) is 0 Å². The zero-order chi connectivity index (χ0) is 17.1. The van der Waals surface area contributed by atoms with Gasteiger partial charge in [0.1, 0.15) is 5.82 Å². The lowest BCUT2D eigenvalue weighted by Gasteiger charge is -2.07. The van der Waals surface area contributed by atoms with E-state index >= 15 is 0 Å². The Bertz CT molecular complexity index is 838. The van der Waals surface area contributed by atoms with Gasteiger partial charge in [-0.1, -0.05) is 18.2 Å². The quantitative estimate of drug-likeness (QED) is 0.763. The van der Waals surface area contributed by atoms with Gasteiger partial charge in [0.05, 0.1) is 30.0 Å². The molecule has 0 spiro atoms. The summed E-state index contributed by atoms with van der Waals surface area (Å²) in [6.07, 6.45) is 0.361. The highest BCUT2D eigenvalue weighted by atomic mass is 32.1. The second-order valence-corrected chi connectivity index (χ2v) is 6.67. The first-order chi connectivity index (χ1) is 11.5. The van der Waals surface area contributed by atoms with Crippen LogP contribution in [0.25, 0.3) is 0 Å². The van der Waals surface area contributed by atoms with E-state index in [-0.39, 0.29) is 11.7 Å². The van der Waals surface area contributed by atoms with Crippen molar-refractivity contribution in [1.29, 1.82) is 0 Å². The fraction of sp³-hybridized carbons (Fsp3) is 0.222. The fourth-order valence-electron chi connectivity index (χ4n) is 2.55. The molecular weight excluding hydrogens is 325 g/mol. The summed E-state index contributed by atoms with van der Waals surface area (Å²) >= 11 is 1.57. The van der Waals surface area contributed by atoms with Crippen LogP contribution in [0.3, 0.4) is 0 Å². The summed E-state index contributed by atoms with van der Waals surface area (Å²) in [5, 5.41) is 9.40. The van der Waals surface area contributed by atoms with Crippen molar-refractivity contribution < 1.29 is 9.18 Å². The van der Waals surface area contributed by atoms with Gasteiger partial charge in [-0.3, -0.25) is 9.48 Å². The monoisotopic (exact) mass is 343 g/mol. The average molecular weight is 343 g/mol. The Morgan fingerprint density at radius 3 is 2.67 bits per heavy atom. The molecule has 2 heterocycles. The summed E-state index contributed by atoms with van der Waals surface area (Å²) in [7, 11) is 0. The highest BCUT2D eigenvalue weighted by Gasteiger charge is 2.15. The van der Waals surface area contributed by atoms with Gasteiger partial charge in [-0.05, 0) is 43.0 Å². The van der Waals surface area contributed by atoms with E-state index in [1.807, 2.05) is 36.0 Å². The maximum Gasteiger partial charge on any atom is 0.229 e. The maximum atomic E-state index is 13.0. The van der Waals surface area contributed by atoms with Crippen molar-refractivity contribution in [2.24, 2.45) is 0 Å². The number of nitrogens with zero attached hydrogens (tertiary/aromatic N) is 2. The number of carbonyl (C=O) groups excluding carboxylic acids is 1. The van der Waals surface area contributed by atoms with Gasteiger partial charge in [0, 0.05) is 4.88 Å². The molecule has 0 saturated heterocycles. The van der Waals surface area contributed by atoms with Crippen LogP contribution in [0.4, 0.5) is 10.1 Å². The summed E-state index contributed by atoms with van der Waals surface area (Å²) in [4.78, 5) is 13.2. The third-order valence-electron chi connectivity index (χ3n) is 3.81. The topological polar surface area (TPSA) is 46.9 Å². The molecule has 0 aliphatic carbocycles. The smallest absolute Gasteiger partial charge is 0.229 e. The molecule has 0 bridgehead atoms. The van der Waals surface area contributed by atoms with Crippen molar-refractivity contribution in [3.05, 3.63) is 69.4 Å². The Morgan fingerprint density at radius 1 is 1.25 bits per heavy atom. The van der Waals surface area contributed by atoms with Crippen LogP contribution in [-0.4, -0.2) is 15.7 Å². The van der Waals surface area contributed by atoms with Gasteiger partial charge in [-0.25, -0.2) is 4.39 Å². The first-order valence-corrected chi connectivity index (χ1v) is 8.51. The number of aryl methyl sites for hydroxylation is 1. The van der Waals surface area contributed by atoms with Crippen molar-refractivity contribution in [2.45, 2.75) is 26.8 Å². The number of hydrogen-bond donors (Lipinski definition) is 1. The molecule has 1 amide bonds. The number of carbonyl (C=O) groups is 1. The van der Waals surface area contributed by atoms with Gasteiger partial charge < -0.3 is 5.32 Å². The molecule has 1 aromatic carbocycles. The second kappa shape index (κ2) is 6.97. The summed E-state index contributed by atoms with van der Waals surface area (Å²) in [5.74, 6) is -0.307. The molecule has 0 aliphatic rings. The third kappa shape index (κ3) is 3.71. The molecule has 3 aromatic rings. The Morgan fingerprint density at radius 2 is 2.00 bits per heavy atom. The number of anilines is 1. The number of nitrogens with one attached hydrogen (secondary N) is 1. The van der Waals surface area contributed by atoms with Crippen LogP contribution in [0.1, 0.15) is 21.8 Å². The molecule has 0 aliphatic heterocycles. The van der Waals surface area contributed by atoms with Gasteiger partial charge in [0.15, 0.2) is 0 Å². The van der Waals surface area contributed by atoms with Crippen LogP contribution in [0.5, 0.6) is 0 Å². The van der Waals surface area contributed by atoms with E-state index in [2.05, 4.69) is 10.4 Å². The fourth-order valence-corrected chi connectivity index (χ4v) is 3.25. The molecule has 0 radical (unpaired) electrons. The van der Waals surface area contributed by atoms with Crippen molar-refractivity contribution in [1.82, 2.24) is 9.78 Å². The molecule has 124 valence electrons. The number of amides is 1. The number of hydrogen-bond acceptors (Lipinski definition) is 3. The highest BCUT2D eigenvalue weighted by Crippen LogP contribution is 2.21. The lowest BCUT2D eigenvalue weighted by molar-refractivity contribution is -0.115. The number of thiophene rings is 1. The van der Waals surface area contributed by atoms with Crippen LogP contribution < -0.4 is 5.32 Å². The molecule has 2 aromatic heterocycles. The zero-order valence-electron chi connectivity index (χ0n) is 13.5. The van der Waals surface area contributed by atoms with Crippen LogP contribution in [0.15, 0.2) is 41.8 Å². The molecule has 0 saturated carbocycles. The second-order valence-electron chi connectivity index (χ2n) is 5.63. The van der Waals surface area contributed by atoms with Gasteiger partial charge >= 0.3 is 0 Å². The largest absolute Gasteiger partial charge is 0.323 e. The molecule has 1 N–H and O–H groups in total. The minimum atomic E-state index is -0.256.